The van der Waals surface area contributed by atoms with Crippen molar-refractivity contribution in [3.05, 3.63) is 229 Å². The standard InChI is InChI=1S/C52H34N4/c1-5-17-35(18-6-1)49-53-50(36-19-7-2-8-20-36)55-51(54-49)37-29-31-42-41-25-13-15-27-45(41)52(46(42)33-37,38-21-9-3-10-22-38)39-30-32-48-44(34-39)43-26-14-16-28-47(43)56(48)40-23-11-4-12-24-40/h1-34H. The van der Waals surface area contributed by atoms with Crippen molar-refractivity contribution in [3.8, 4) is 51.0 Å². The van der Waals surface area contributed by atoms with Gasteiger partial charge in [0.15, 0.2) is 17.5 Å². The average Bonchev–Trinajstić information content (AvgIpc) is 3.77. The van der Waals surface area contributed by atoms with Crippen LogP contribution < -0.4 is 0 Å². The molecule has 262 valence electrons. The number of benzene rings is 8. The highest BCUT2D eigenvalue weighted by atomic mass is 15.0. The van der Waals surface area contributed by atoms with Gasteiger partial charge < -0.3 is 4.57 Å². The first kappa shape index (κ1) is 32.0. The molecule has 2 heterocycles. The lowest BCUT2D eigenvalue weighted by Crippen LogP contribution is -2.28. The molecule has 2 aromatic heterocycles. The first-order chi connectivity index (χ1) is 27.8. The second-order valence-corrected chi connectivity index (χ2v) is 14.4. The van der Waals surface area contributed by atoms with Crippen LogP contribution in [0, 0.1) is 0 Å². The normalized spacial score (nSPS) is 14.5. The second kappa shape index (κ2) is 12.9. The van der Waals surface area contributed by atoms with Crippen molar-refractivity contribution in [2.75, 3.05) is 0 Å². The molecule has 0 spiro atoms. The summed E-state index contributed by atoms with van der Waals surface area (Å²) in [6.07, 6.45) is 0. The van der Waals surface area contributed by atoms with E-state index < -0.39 is 5.41 Å². The molecule has 0 N–H and O–H groups in total. The molecule has 4 heteroatoms. The van der Waals surface area contributed by atoms with Crippen LogP contribution in [0.5, 0.6) is 0 Å². The smallest absolute Gasteiger partial charge is 0.164 e. The summed E-state index contributed by atoms with van der Waals surface area (Å²) in [7, 11) is 0. The average molecular weight is 715 g/mol. The predicted molar refractivity (Wildman–Crippen MR) is 228 cm³/mol. The molecule has 4 nitrogen and oxygen atoms in total. The Morgan fingerprint density at radius 2 is 0.875 bits per heavy atom. The molecule has 0 fully saturated rings. The van der Waals surface area contributed by atoms with Crippen LogP contribution >= 0.6 is 0 Å². The Morgan fingerprint density at radius 3 is 1.57 bits per heavy atom. The Hall–Kier alpha value is -7.43. The zero-order chi connectivity index (χ0) is 37.1. The van der Waals surface area contributed by atoms with E-state index in [1.54, 1.807) is 0 Å². The molecule has 0 bridgehead atoms. The van der Waals surface area contributed by atoms with Gasteiger partial charge in [-0.1, -0.05) is 170 Å². The van der Waals surface area contributed by atoms with Crippen LogP contribution in [-0.2, 0) is 5.41 Å². The second-order valence-electron chi connectivity index (χ2n) is 14.4. The maximum atomic E-state index is 5.15. The fourth-order valence-electron chi connectivity index (χ4n) is 8.89. The van der Waals surface area contributed by atoms with Crippen molar-refractivity contribution >= 4 is 21.8 Å². The molecule has 1 unspecified atom stereocenters. The first-order valence-electron chi connectivity index (χ1n) is 19.0. The van der Waals surface area contributed by atoms with E-state index in [-0.39, 0.29) is 0 Å². The first-order valence-corrected chi connectivity index (χ1v) is 19.0. The maximum Gasteiger partial charge on any atom is 0.164 e. The topological polar surface area (TPSA) is 43.6 Å². The molecule has 1 aliphatic rings. The van der Waals surface area contributed by atoms with Crippen LogP contribution in [0.2, 0.25) is 0 Å². The molecule has 0 radical (unpaired) electrons. The number of hydrogen-bond acceptors (Lipinski definition) is 3. The van der Waals surface area contributed by atoms with Crippen molar-refractivity contribution in [2.45, 2.75) is 5.41 Å². The fourth-order valence-corrected chi connectivity index (χ4v) is 8.89. The summed E-state index contributed by atoms with van der Waals surface area (Å²) < 4.78 is 2.38. The third-order valence-electron chi connectivity index (χ3n) is 11.3. The van der Waals surface area contributed by atoms with Crippen molar-refractivity contribution in [1.29, 1.82) is 0 Å². The Morgan fingerprint density at radius 1 is 0.339 bits per heavy atom. The molecule has 0 amide bonds. The Labute approximate surface area is 325 Å². The zero-order valence-electron chi connectivity index (χ0n) is 30.4. The molecule has 0 saturated carbocycles. The van der Waals surface area contributed by atoms with E-state index >= 15 is 0 Å². The van der Waals surface area contributed by atoms with Crippen molar-refractivity contribution in [1.82, 2.24) is 19.5 Å². The van der Waals surface area contributed by atoms with Gasteiger partial charge in [0.1, 0.15) is 0 Å². The number of aromatic nitrogens is 4. The van der Waals surface area contributed by atoms with Gasteiger partial charge in [-0.2, -0.15) is 0 Å². The summed E-state index contributed by atoms with van der Waals surface area (Å²) in [6, 6.07) is 73.5. The van der Waals surface area contributed by atoms with Crippen LogP contribution in [0.4, 0.5) is 0 Å². The lowest BCUT2D eigenvalue weighted by Gasteiger charge is -2.34. The van der Waals surface area contributed by atoms with Gasteiger partial charge in [0, 0.05) is 33.2 Å². The van der Waals surface area contributed by atoms with Crippen LogP contribution in [0.3, 0.4) is 0 Å². The molecule has 56 heavy (non-hydrogen) atoms. The summed E-state index contributed by atoms with van der Waals surface area (Å²) in [5.41, 5.74) is 13.0. The molecular weight excluding hydrogens is 681 g/mol. The summed E-state index contributed by atoms with van der Waals surface area (Å²) in [5.74, 6) is 1.93. The summed E-state index contributed by atoms with van der Waals surface area (Å²) in [4.78, 5) is 15.3. The molecule has 11 rings (SSSR count). The molecular formula is C52H34N4. The van der Waals surface area contributed by atoms with Crippen LogP contribution in [0.25, 0.3) is 72.8 Å². The molecule has 1 aliphatic carbocycles. The van der Waals surface area contributed by atoms with E-state index in [0.29, 0.717) is 17.5 Å². The third-order valence-corrected chi connectivity index (χ3v) is 11.3. The van der Waals surface area contributed by atoms with Crippen molar-refractivity contribution < 1.29 is 0 Å². The quantitative estimate of drug-likeness (QED) is 0.172. The Kier molecular flexibility index (Phi) is 7.36. The highest BCUT2D eigenvalue weighted by molar-refractivity contribution is 6.10. The van der Waals surface area contributed by atoms with Crippen LogP contribution in [0.1, 0.15) is 22.3 Å². The number of rotatable bonds is 6. The van der Waals surface area contributed by atoms with Gasteiger partial charge in [-0.25, -0.2) is 15.0 Å². The number of nitrogens with zero attached hydrogens (tertiary/aromatic N) is 4. The number of para-hydroxylation sites is 2. The minimum absolute atomic E-state index is 0.620. The maximum absolute atomic E-state index is 5.15. The van der Waals surface area contributed by atoms with Crippen molar-refractivity contribution in [3.63, 3.8) is 0 Å². The summed E-state index contributed by atoms with van der Waals surface area (Å²) in [6.45, 7) is 0. The Bertz CT molecular complexity index is 3010. The van der Waals surface area contributed by atoms with E-state index in [1.165, 1.54) is 55.2 Å². The van der Waals surface area contributed by atoms with E-state index in [9.17, 15) is 0 Å². The van der Waals surface area contributed by atoms with Gasteiger partial charge in [-0.15, -0.1) is 0 Å². The highest BCUT2D eigenvalue weighted by Crippen LogP contribution is 2.57. The minimum atomic E-state index is -0.620. The van der Waals surface area contributed by atoms with Gasteiger partial charge in [-0.3, -0.25) is 0 Å². The van der Waals surface area contributed by atoms with Crippen LogP contribution in [0.15, 0.2) is 206 Å². The summed E-state index contributed by atoms with van der Waals surface area (Å²) >= 11 is 0. The molecule has 8 aromatic carbocycles. The SMILES string of the molecule is c1ccc(-c2nc(-c3ccccc3)nc(-c3ccc4c(c3)C(c3ccccc3)(c3ccc5c(c3)c3ccccc3n5-c3ccccc3)c3ccccc3-4)n2)cc1. The lowest BCUT2D eigenvalue weighted by molar-refractivity contribution is 0.770. The Balaban J connectivity index is 1.19. The van der Waals surface area contributed by atoms with Gasteiger partial charge in [0.05, 0.1) is 16.4 Å². The third kappa shape index (κ3) is 4.89. The minimum Gasteiger partial charge on any atom is -0.309 e. The van der Waals surface area contributed by atoms with E-state index in [0.717, 1.165) is 22.4 Å². The summed E-state index contributed by atoms with van der Waals surface area (Å²) in [5, 5.41) is 2.44. The fraction of sp³-hybridized carbons (Fsp3) is 0.0192. The van der Waals surface area contributed by atoms with Gasteiger partial charge in [-0.05, 0) is 69.8 Å². The number of hydrogen-bond donors (Lipinski definition) is 0. The van der Waals surface area contributed by atoms with Crippen molar-refractivity contribution in [2.24, 2.45) is 0 Å². The lowest BCUT2D eigenvalue weighted by atomic mass is 9.67. The highest BCUT2D eigenvalue weighted by Gasteiger charge is 2.46. The zero-order valence-corrected chi connectivity index (χ0v) is 30.4. The van der Waals surface area contributed by atoms with Gasteiger partial charge in [0.25, 0.3) is 0 Å². The predicted octanol–water partition coefficient (Wildman–Crippen LogP) is 12.3. The molecule has 10 aromatic rings. The van der Waals surface area contributed by atoms with Gasteiger partial charge >= 0.3 is 0 Å². The molecule has 0 saturated heterocycles. The van der Waals surface area contributed by atoms with E-state index in [1.807, 2.05) is 36.4 Å². The largest absolute Gasteiger partial charge is 0.309 e. The van der Waals surface area contributed by atoms with Gasteiger partial charge in [0.2, 0.25) is 0 Å². The monoisotopic (exact) mass is 714 g/mol. The van der Waals surface area contributed by atoms with Crippen LogP contribution in [-0.4, -0.2) is 19.5 Å². The molecule has 1 atom stereocenters. The molecule has 0 aliphatic heterocycles. The van der Waals surface area contributed by atoms with E-state index in [4.69, 9.17) is 15.0 Å². The number of fused-ring (bicyclic) bond motifs is 6. The van der Waals surface area contributed by atoms with E-state index in [2.05, 4.69) is 174 Å².